The Kier molecular flexibility index (Phi) is 2.30. The number of aromatic amines is 1. The van der Waals surface area contributed by atoms with Crippen LogP contribution in [-0.4, -0.2) is 10.2 Å². The van der Waals surface area contributed by atoms with Gasteiger partial charge in [-0.3, -0.25) is 5.10 Å². The SMILES string of the molecule is c1ccc2c(c1)CCC2Nc1cccc2[nH]ncc12. The molecule has 0 fully saturated rings. The van der Waals surface area contributed by atoms with Crippen molar-refractivity contribution >= 4 is 16.6 Å². The fraction of sp³-hybridized carbons (Fsp3) is 0.188. The number of rotatable bonds is 2. The molecule has 4 rings (SSSR count). The number of hydrogen-bond acceptors (Lipinski definition) is 2. The molecular weight excluding hydrogens is 234 g/mol. The van der Waals surface area contributed by atoms with E-state index in [1.807, 2.05) is 6.20 Å². The second kappa shape index (κ2) is 4.12. The third-order valence-electron chi connectivity index (χ3n) is 3.95. The van der Waals surface area contributed by atoms with Gasteiger partial charge in [-0.15, -0.1) is 0 Å². The lowest BCUT2D eigenvalue weighted by Gasteiger charge is -2.16. The first-order valence-electron chi connectivity index (χ1n) is 6.68. The highest BCUT2D eigenvalue weighted by Gasteiger charge is 2.22. The smallest absolute Gasteiger partial charge is 0.0671 e. The van der Waals surface area contributed by atoms with Gasteiger partial charge in [0, 0.05) is 11.1 Å². The van der Waals surface area contributed by atoms with E-state index in [1.54, 1.807) is 0 Å². The van der Waals surface area contributed by atoms with Crippen LogP contribution >= 0.6 is 0 Å². The van der Waals surface area contributed by atoms with E-state index >= 15 is 0 Å². The summed E-state index contributed by atoms with van der Waals surface area (Å²) in [7, 11) is 0. The quantitative estimate of drug-likeness (QED) is 0.727. The fourth-order valence-corrected chi connectivity index (χ4v) is 2.99. The monoisotopic (exact) mass is 249 g/mol. The van der Waals surface area contributed by atoms with Crippen LogP contribution in [0.25, 0.3) is 10.9 Å². The fourth-order valence-electron chi connectivity index (χ4n) is 2.99. The molecule has 2 N–H and O–H groups in total. The summed E-state index contributed by atoms with van der Waals surface area (Å²) in [6.45, 7) is 0. The van der Waals surface area contributed by atoms with E-state index < -0.39 is 0 Å². The van der Waals surface area contributed by atoms with Gasteiger partial charge in [-0.25, -0.2) is 0 Å². The Labute approximate surface area is 111 Å². The standard InChI is InChI=1S/C16H15N3/c1-2-5-12-11(4-1)8-9-15(12)18-14-6-3-7-16-13(14)10-17-19-16/h1-7,10,15,18H,8-9H2,(H,17,19). The van der Waals surface area contributed by atoms with E-state index in [4.69, 9.17) is 0 Å². The lowest BCUT2D eigenvalue weighted by atomic mass is 10.1. The third kappa shape index (κ3) is 1.70. The number of nitrogens with one attached hydrogen (secondary N) is 2. The van der Waals surface area contributed by atoms with Gasteiger partial charge in [-0.05, 0) is 36.1 Å². The van der Waals surface area contributed by atoms with Crippen molar-refractivity contribution in [3.8, 4) is 0 Å². The lowest BCUT2D eigenvalue weighted by molar-refractivity contribution is 0.763. The van der Waals surface area contributed by atoms with Crippen LogP contribution < -0.4 is 5.32 Å². The highest BCUT2D eigenvalue weighted by Crippen LogP contribution is 2.35. The topological polar surface area (TPSA) is 40.7 Å². The molecule has 3 nitrogen and oxygen atoms in total. The number of fused-ring (bicyclic) bond motifs is 2. The highest BCUT2D eigenvalue weighted by molar-refractivity contribution is 5.91. The van der Waals surface area contributed by atoms with Gasteiger partial charge in [0.15, 0.2) is 0 Å². The van der Waals surface area contributed by atoms with Crippen LogP contribution in [-0.2, 0) is 6.42 Å². The number of H-pyrrole nitrogens is 1. The van der Waals surface area contributed by atoms with Gasteiger partial charge in [-0.2, -0.15) is 5.10 Å². The first-order chi connectivity index (χ1) is 9.42. The Morgan fingerprint density at radius 1 is 1.11 bits per heavy atom. The summed E-state index contributed by atoms with van der Waals surface area (Å²) < 4.78 is 0. The van der Waals surface area contributed by atoms with Crippen LogP contribution in [0.1, 0.15) is 23.6 Å². The van der Waals surface area contributed by atoms with Crippen LogP contribution in [0.5, 0.6) is 0 Å². The van der Waals surface area contributed by atoms with Crippen molar-refractivity contribution in [1.29, 1.82) is 0 Å². The molecule has 1 atom stereocenters. The largest absolute Gasteiger partial charge is 0.378 e. The van der Waals surface area contributed by atoms with Gasteiger partial charge < -0.3 is 5.32 Å². The van der Waals surface area contributed by atoms with Gasteiger partial charge >= 0.3 is 0 Å². The maximum atomic E-state index is 4.12. The number of benzene rings is 2. The minimum atomic E-state index is 0.414. The molecule has 0 spiro atoms. The maximum Gasteiger partial charge on any atom is 0.0671 e. The van der Waals surface area contributed by atoms with Crippen LogP contribution in [0, 0.1) is 0 Å². The van der Waals surface area contributed by atoms with Crippen molar-refractivity contribution in [1.82, 2.24) is 10.2 Å². The molecule has 2 aromatic carbocycles. The molecule has 1 aliphatic rings. The number of hydrogen-bond donors (Lipinski definition) is 2. The second-order valence-electron chi connectivity index (χ2n) is 5.07. The molecule has 0 bridgehead atoms. The molecule has 3 heteroatoms. The molecule has 0 amide bonds. The van der Waals surface area contributed by atoms with Gasteiger partial charge in [0.25, 0.3) is 0 Å². The average molecular weight is 249 g/mol. The minimum Gasteiger partial charge on any atom is -0.378 e. The van der Waals surface area contributed by atoms with Crippen molar-refractivity contribution in [2.45, 2.75) is 18.9 Å². The van der Waals surface area contributed by atoms with E-state index in [2.05, 4.69) is 58.0 Å². The highest BCUT2D eigenvalue weighted by atomic mass is 15.1. The zero-order valence-corrected chi connectivity index (χ0v) is 10.6. The molecule has 1 unspecified atom stereocenters. The Morgan fingerprint density at radius 3 is 3.05 bits per heavy atom. The first-order valence-corrected chi connectivity index (χ1v) is 6.68. The molecule has 0 saturated heterocycles. The van der Waals surface area contributed by atoms with Crippen LogP contribution in [0.3, 0.4) is 0 Å². The Morgan fingerprint density at radius 2 is 2.05 bits per heavy atom. The molecule has 3 aromatic rings. The average Bonchev–Trinajstić information content (AvgIpc) is 3.06. The van der Waals surface area contributed by atoms with Crippen molar-refractivity contribution in [2.75, 3.05) is 5.32 Å². The van der Waals surface area contributed by atoms with Crippen LogP contribution in [0.2, 0.25) is 0 Å². The zero-order valence-electron chi connectivity index (χ0n) is 10.6. The van der Waals surface area contributed by atoms with Crippen molar-refractivity contribution in [3.05, 3.63) is 59.8 Å². The van der Waals surface area contributed by atoms with E-state index in [1.165, 1.54) is 11.1 Å². The Balaban J connectivity index is 1.71. The van der Waals surface area contributed by atoms with Gasteiger partial charge in [0.2, 0.25) is 0 Å². The molecule has 0 radical (unpaired) electrons. The summed E-state index contributed by atoms with van der Waals surface area (Å²) in [6.07, 6.45) is 4.21. The summed E-state index contributed by atoms with van der Waals surface area (Å²) in [4.78, 5) is 0. The van der Waals surface area contributed by atoms with Crippen LogP contribution in [0.4, 0.5) is 5.69 Å². The number of aromatic nitrogens is 2. The van der Waals surface area contributed by atoms with Crippen LogP contribution in [0.15, 0.2) is 48.7 Å². The van der Waals surface area contributed by atoms with Crippen molar-refractivity contribution in [2.24, 2.45) is 0 Å². The minimum absolute atomic E-state index is 0.414. The number of anilines is 1. The van der Waals surface area contributed by atoms with E-state index in [0.717, 1.165) is 29.4 Å². The molecular formula is C16H15N3. The lowest BCUT2D eigenvalue weighted by Crippen LogP contribution is -2.07. The maximum absolute atomic E-state index is 4.12. The molecule has 1 aromatic heterocycles. The zero-order chi connectivity index (χ0) is 12.7. The van der Waals surface area contributed by atoms with Gasteiger partial charge in [0.05, 0.1) is 17.8 Å². The number of aryl methyl sites for hydroxylation is 1. The first kappa shape index (κ1) is 10.6. The summed E-state index contributed by atoms with van der Waals surface area (Å²) in [6, 6.07) is 15.4. The second-order valence-corrected chi connectivity index (χ2v) is 5.07. The summed E-state index contributed by atoms with van der Waals surface area (Å²) in [5.74, 6) is 0. The summed E-state index contributed by atoms with van der Waals surface area (Å²) >= 11 is 0. The predicted octanol–water partition coefficient (Wildman–Crippen LogP) is 3.66. The normalized spacial score (nSPS) is 17.6. The molecule has 19 heavy (non-hydrogen) atoms. The molecule has 0 aliphatic heterocycles. The van der Waals surface area contributed by atoms with E-state index in [9.17, 15) is 0 Å². The van der Waals surface area contributed by atoms with E-state index in [-0.39, 0.29) is 0 Å². The Bertz CT molecular complexity index is 729. The molecule has 1 heterocycles. The van der Waals surface area contributed by atoms with Crippen molar-refractivity contribution < 1.29 is 0 Å². The predicted molar refractivity (Wildman–Crippen MR) is 77.2 cm³/mol. The Hall–Kier alpha value is -2.29. The van der Waals surface area contributed by atoms with E-state index in [0.29, 0.717) is 6.04 Å². The summed E-state index contributed by atoms with van der Waals surface area (Å²) in [5.41, 5.74) is 5.15. The molecule has 94 valence electrons. The molecule has 0 saturated carbocycles. The van der Waals surface area contributed by atoms with Gasteiger partial charge in [0.1, 0.15) is 0 Å². The van der Waals surface area contributed by atoms with Crippen molar-refractivity contribution in [3.63, 3.8) is 0 Å². The molecule has 1 aliphatic carbocycles. The summed E-state index contributed by atoms with van der Waals surface area (Å²) in [5, 5.41) is 12.0. The number of nitrogens with zero attached hydrogens (tertiary/aromatic N) is 1. The third-order valence-corrected chi connectivity index (χ3v) is 3.95. The van der Waals surface area contributed by atoms with Gasteiger partial charge in [-0.1, -0.05) is 30.3 Å².